The van der Waals surface area contributed by atoms with Crippen LogP contribution in [0.15, 0.2) is 60.7 Å². The van der Waals surface area contributed by atoms with Gasteiger partial charge in [-0.05, 0) is 51.2 Å². The molecule has 1 aliphatic rings. The first-order chi connectivity index (χ1) is 15.2. The highest BCUT2D eigenvalue weighted by molar-refractivity contribution is 5.96. The number of amides is 2. The van der Waals surface area contributed by atoms with Gasteiger partial charge in [0.25, 0.3) is 0 Å². The third-order valence-electron chi connectivity index (χ3n) is 5.32. The molecule has 1 fully saturated rings. The summed E-state index contributed by atoms with van der Waals surface area (Å²) >= 11 is 0. The van der Waals surface area contributed by atoms with E-state index in [2.05, 4.69) is 0 Å². The zero-order chi connectivity index (χ0) is 23.1. The lowest BCUT2D eigenvalue weighted by Crippen LogP contribution is -2.44. The lowest BCUT2D eigenvalue weighted by Gasteiger charge is -2.26. The van der Waals surface area contributed by atoms with Gasteiger partial charge in [0.1, 0.15) is 12.2 Å². The maximum atomic E-state index is 13.5. The van der Waals surface area contributed by atoms with Crippen LogP contribution in [0.4, 0.5) is 4.79 Å². The van der Waals surface area contributed by atoms with Crippen molar-refractivity contribution in [1.82, 2.24) is 4.90 Å². The van der Waals surface area contributed by atoms with Gasteiger partial charge in [0.15, 0.2) is 0 Å². The lowest BCUT2D eigenvalue weighted by molar-refractivity contribution is -0.158. The number of esters is 1. The quantitative estimate of drug-likeness (QED) is 0.566. The number of aryl methyl sites for hydroxylation is 1. The minimum absolute atomic E-state index is 0.0786. The van der Waals surface area contributed by atoms with Crippen molar-refractivity contribution in [3.05, 3.63) is 71.8 Å². The van der Waals surface area contributed by atoms with E-state index in [-0.39, 0.29) is 18.9 Å². The highest BCUT2D eigenvalue weighted by atomic mass is 16.6. The maximum Gasteiger partial charge on any atom is 0.416 e. The van der Waals surface area contributed by atoms with Crippen LogP contribution in [0.3, 0.4) is 0 Å². The monoisotopic (exact) mass is 437 g/mol. The molecule has 0 spiro atoms. The van der Waals surface area contributed by atoms with E-state index >= 15 is 0 Å². The highest BCUT2D eigenvalue weighted by Crippen LogP contribution is 2.25. The Morgan fingerprint density at radius 1 is 1.03 bits per heavy atom. The number of carbonyl (C=O) groups is 3. The van der Waals surface area contributed by atoms with Crippen molar-refractivity contribution in [3.8, 4) is 0 Å². The molecule has 2 aromatic rings. The summed E-state index contributed by atoms with van der Waals surface area (Å²) in [5.41, 5.74) is 1.44. The van der Waals surface area contributed by atoms with Crippen LogP contribution in [0.5, 0.6) is 0 Å². The number of carbonyl (C=O) groups excluding carboxylic acids is 3. The first-order valence-electron chi connectivity index (χ1n) is 11.0. The Balaban J connectivity index is 1.76. The highest BCUT2D eigenvalue weighted by Gasteiger charge is 2.41. The first kappa shape index (κ1) is 23.5. The van der Waals surface area contributed by atoms with Crippen molar-refractivity contribution in [2.24, 2.45) is 5.92 Å². The molecule has 1 aliphatic heterocycles. The van der Waals surface area contributed by atoms with Gasteiger partial charge in [-0.3, -0.25) is 9.59 Å². The van der Waals surface area contributed by atoms with Crippen molar-refractivity contribution >= 4 is 18.0 Å². The second kappa shape index (κ2) is 10.4. The Morgan fingerprint density at radius 2 is 1.62 bits per heavy atom. The van der Waals surface area contributed by atoms with Crippen LogP contribution >= 0.6 is 0 Å². The van der Waals surface area contributed by atoms with Crippen LogP contribution < -0.4 is 0 Å². The standard InChI is InChI=1S/C26H31NO5/c1-26(2,3)32-23(28)17-21(15-14-19-10-6-4-7-11-19)24(29)27-22(18-31-25(27)30)16-20-12-8-5-9-13-20/h4-13,21-22H,14-18H2,1-3H3/t21-,22+/m1/s1. The summed E-state index contributed by atoms with van der Waals surface area (Å²) < 4.78 is 10.7. The number of nitrogens with zero attached hydrogens (tertiary/aromatic N) is 1. The number of rotatable bonds is 8. The Bertz CT molecular complexity index is 920. The predicted octanol–water partition coefficient (Wildman–Crippen LogP) is 4.56. The number of hydrogen-bond acceptors (Lipinski definition) is 5. The molecule has 2 atom stereocenters. The van der Waals surface area contributed by atoms with Gasteiger partial charge in [-0.1, -0.05) is 60.7 Å². The Morgan fingerprint density at radius 3 is 2.22 bits per heavy atom. The Kier molecular flexibility index (Phi) is 7.67. The minimum Gasteiger partial charge on any atom is -0.460 e. The van der Waals surface area contributed by atoms with E-state index in [0.29, 0.717) is 19.3 Å². The van der Waals surface area contributed by atoms with Crippen molar-refractivity contribution in [1.29, 1.82) is 0 Å². The maximum absolute atomic E-state index is 13.5. The smallest absolute Gasteiger partial charge is 0.416 e. The van der Waals surface area contributed by atoms with Crippen LogP contribution in [0.2, 0.25) is 0 Å². The summed E-state index contributed by atoms with van der Waals surface area (Å²) in [5.74, 6) is -1.50. The van der Waals surface area contributed by atoms with Crippen LogP contribution in [0, 0.1) is 5.92 Å². The Hall–Kier alpha value is -3.15. The second-order valence-corrected chi connectivity index (χ2v) is 9.14. The summed E-state index contributed by atoms with van der Waals surface area (Å²) in [6, 6.07) is 19.1. The average Bonchev–Trinajstić information content (AvgIpc) is 3.10. The van der Waals surface area contributed by atoms with Gasteiger partial charge in [0.05, 0.1) is 12.5 Å². The molecule has 0 saturated carbocycles. The first-order valence-corrected chi connectivity index (χ1v) is 11.0. The molecule has 2 aromatic carbocycles. The van der Waals surface area contributed by atoms with Gasteiger partial charge in [-0.15, -0.1) is 0 Å². The van der Waals surface area contributed by atoms with Gasteiger partial charge in [-0.2, -0.15) is 0 Å². The van der Waals surface area contributed by atoms with E-state index in [1.165, 1.54) is 4.90 Å². The van der Waals surface area contributed by atoms with Crippen LogP contribution in [-0.4, -0.2) is 41.1 Å². The second-order valence-electron chi connectivity index (χ2n) is 9.14. The van der Waals surface area contributed by atoms with E-state index in [9.17, 15) is 14.4 Å². The van der Waals surface area contributed by atoms with E-state index < -0.39 is 29.6 Å². The summed E-state index contributed by atoms with van der Waals surface area (Å²) in [6.45, 7) is 5.52. The van der Waals surface area contributed by atoms with Gasteiger partial charge >= 0.3 is 12.1 Å². The summed E-state index contributed by atoms with van der Waals surface area (Å²) in [7, 11) is 0. The van der Waals surface area contributed by atoms with E-state index in [1.807, 2.05) is 60.7 Å². The van der Waals surface area contributed by atoms with Gasteiger partial charge in [0, 0.05) is 5.92 Å². The van der Waals surface area contributed by atoms with E-state index in [0.717, 1.165) is 11.1 Å². The number of cyclic esters (lactones) is 1. The van der Waals surface area contributed by atoms with Crippen LogP contribution in [0.25, 0.3) is 0 Å². The molecular weight excluding hydrogens is 406 g/mol. The predicted molar refractivity (Wildman–Crippen MR) is 121 cm³/mol. The molecule has 0 unspecified atom stereocenters. The molecule has 6 heteroatoms. The number of hydrogen-bond donors (Lipinski definition) is 0. The molecule has 6 nitrogen and oxygen atoms in total. The van der Waals surface area contributed by atoms with Crippen molar-refractivity contribution in [3.63, 3.8) is 0 Å². The molecule has 0 radical (unpaired) electrons. The molecule has 170 valence electrons. The largest absolute Gasteiger partial charge is 0.460 e. The van der Waals surface area contributed by atoms with Crippen molar-refractivity contribution < 1.29 is 23.9 Å². The van der Waals surface area contributed by atoms with Crippen LogP contribution in [-0.2, 0) is 31.9 Å². The van der Waals surface area contributed by atoms with Crippen molar-refractivity contribution in [2.75, 3.05) is 6.61 Å². The van der Waals surface area contributed by atoms with Crippen molar-refractivity contribution in [2.45, 2.75) is 58.1 Å². The van der Waals surface area contributed by atoms with E-state index in [4.69, 9.17) is 9.47 Å². The van der Waals surface area contributed by atoms with Gasteiger partial charge < -0.3 is 9.47 Å². The summed E-state index contributed by atoms with van der Waals surface area (Å²) in [6.07, 6.45) is 0.835. The van der Waals surface area contributed by atoms with Gasteiger partial charge in [0.2, 0.25) is 5.91 Å². The molecular formula is C26H31NO5. The molecule has 0 N–H and O–H groups in total. The Labute approximate surface area is 189 Å². The minimum atomic E-state index is -0.672. The fourth-order valence-electron chi connectivity index (χ4n) is 3.85. The zero-order valence-electron chi connectivity index (χ0n) is 19.0. The summed E-state index contributed by atoms with van der Waals surface area (Å²) in [5, 5.41) is 0. The topological polar surface area (TPSA) is 72.9 Å². The molecule has 0 bridgehead atoms. The third kappa shape index (κ3) is 6.67. The van der Waals surface area contributed by atoms with Crippen LogP contribution in [0.1, 0.15) is 44.7 Å². The molecule has 1 heterocycles. The molecule has 0 aliphatic carbocycles. The fraction of sp³-hybridized carbons (Fsp3) is 0.423. The van der Waals surface area contributed by atoms with E-state index in [1.54, 1.807) is 20.8 Å². The number of ether oxygens (including phenoxy) is 2. The molecule has 0 aromatic heterocycles. The molecule has 32 heavy (non-hydrogen) atoms. The zero-order valence-corrected chi connectivity index (χ0v) is 19.0. The normalized spacial score (nSPS) is 17.0. The SMILES string of the molecule is CC(C)(C)OC(=O)C[C@@H](CCc1ccccc1)C(=O)N1C(=O)OC[C@@H]1Cc1ccccc1. The molecule has 2 amide bonds. The number of benzene rings is 2. The third-order valence-corrected chi connectivity index (χ3v) is 5.32. The molecule has 1 saturated heterocycles. The average molecular weight is 438 g/mol. The fourth-order valence-corrected chi connectivity index (χ4v) is 3.85. The van der Waals surface area contributed by atoms with Gasteiger partial charge in [-0.25, -0.2) is 9.69 Å². The molecule has 3 rings (SSSR count). The number of imide groups is 1. The lowest BCUT2D eigenvalue weighted by atomic mass is 9.94. The summed E-state index contributed by atoms with van der Waals surface area (Å²) in [4.78, 5) is 39.7.